The molecule has 0 spiro atoms. The largest absolute Gasteiger partial charge is 0.490 e. The third-order valence-corrected chi connectivity index (χ3v) is 2.95. The van der Waals surface area contributed by atoms with Crippen LogP contribution in [0.15, 0.2) is 24.3 Å². The number of aromatic nitrogens is 2. The number of aryl methyl sites for hydroxylation is 1. The van der Waals surface area contributed by atoms with Crippen molar-refractivity contribution < 1.29 is 9.47 Å². The van der Waals surface area contributed by atoms with Crippen molar-refractivity contribution in [2.75, 3.05) is 18.9 Å². The first-order valence-corrected chi connectivity index (χ1v) is 7.21. The summed E-state index contributed by atoms with van der Waals surface area (Å²) in [5.41, 5.74) is 7.57. The lowest BCUT2D eigenvalue weighted by Crippen LogP contribution is -2.01. The van der Waals surface area contributed by atoms with Gasteiger partial charge in [-0.15, -0.1) is 0 Å². The molecule has 0 atom stereocenters. The van der Waals surface area contributed by atoms with Crippen molar-refractivity contribution in [1.29, 1.82) is 0 Å². The maximum atomic E-state index is 5.84. The molecule has 0 unspecified atom stereocenters. The lowest BCUT2D eigenvalue weighted by molar-refractivity contribution is 0.288. The van der Waals surface area contributed by atoms with Gasteiger partial charge in [0.25, 0.3) is 0 Å². The second-order valence-electron chi connectivity index (χ2n) is 4.48. The summed E-state index contributed by atoms with van der Waals surface area (Å²) in [6.07, 6.45) is 0.743. The van der Waals surface area contributed by atoms with Crippen LogP contribution in [0.25, 0.3) is 11.3 Å². The normalized spacial score (nSPS) is 10.4. The molecule has 5 heteroatoms. The van der Waals surface area contributed by atoms with Crippen LogP contribution < -0.4 is 15.2 Å². The Morgan fingerprint density at radius 1 is 0.952 bits per heavy atom. The molecule has 0 saturated carbocycles. The quantitative estimate of drug-likeness (QED) is 0.884. The Hall–Kier alpha value is -2.30. The highest BCUT2D eigenvalue weighted by molar-refractivity contribution is 5.65. The Labute approximate surface area is 125 Å². The van der Waals surface area contributed by atoms with Crippen LogP contribution in [-0.4, -0.2) is 23.2 Å². The number of ether oxygens (including phenoxy) is 2. The highest BCUT2D eigenvalue weighted by Gasteiger charge is 2.10. The van der Waals surface area contributed by atoms with Crippen molar-refractivity contribution in [2.45, 2.75) is 27.2 Å². The van der Waals surface area contributed by atoms with Crippen LogP contribution in [0.3, 0.4) is 0 Å². The van der Waals surface area contributed by atoms with E-state index in [2.05, 4.69) is 9.97 Å². The summed E-state index contributed by atoms with van der Waals surface area (Å²) < 4.78 is 11.2. The predicted molar refractivity (Wildman–Crippen MR) is 83.6 cm³/mol. The molecule has 2 aromatic rings. The summed E-state index contributed by atoms with van der Waals surface area (Å²) in [5.74, 6) is 2.66. The Bertz CT molecular complexity index is 614. The molecule has 0 radical (unpaired) electrons. The minimum Gasteiger partial charge on any atom is -0.490 e. The van der Waals surface area contributed by atoms with E-state index in [0.717, 1.165) is 29.3 Å². The first-order chi connectivity index (χ1) is 10.2. The number of nitrogens with zero attached hydrogens (tertiary/aromatic N) is 2. The van der Waals surface area contributed by atoms with Crippen molar-refractivity contribution in [2.24, 2.45) is 0 Å². The molecule has 0 aliphatic heterocycles. The van der Waals surface area contributed by atoms with Gasteiger partial charge in [-0.2, -0.15) is 0 Å². The lowest BCUT2D eigenvalue weighted by Gasteiger charge is -2.12. The van der Waals surface area contributed by atoms with Crippen molar-refractivity contribution >= 4 is 5.82 Å². The number of hydrogen-bond acceptors (Lipinski definition) is 5. The summed E-state index contributed by atoms with van der Waals surface area (Å²) >= 11 is 0. The van der Waals surface area contributed by atoms with Gasteiger partial charge < -0.3 is 15.2 Å². The molecule has 1 aromatic heterocycles. The molecule has 0 aliphatic carbocycles. The number of nitrogens with two attached hydrogens (primary N) is 1. The molecule has 1 heterocycles. The Morgan fingerprint density at radius 2 is 1.67 bits per heavy atom. The minimum absolute atomic E-state index is 0.476. The monoisotopic (exact) mass is 287 g/mol. The zero-order valence-corrected chi connectivity index (χ0v) is 12.7. The van der Waals surface area contributed by atoms with E-state index in [0.29, 0.717) is 24.8 Å². The molecular formula is C16H21N3O2. The molecule has 21 heavy (non-hydrogen) atoms. The molecular weight excluding hydrogens is 266 g/mol. The summed E-state index contributed by atoms with van der Waals surface area (Å²) in [5, 5.41) is 0. The molecule has 0 fully saturated rings. The zero-order valence-electron chi connectivity index (χ0n) is 12.7. The number of benzene rings is 1. The van der Waals surface area contributed by atoms with E-state index in [4.69, 9.17) is 15.2 Å². The zero-order chi connectivity index (χ0) is 15.2. The molecule has 1 aromatic carbocycles. The van der Waals surface area contributed by atoms with Crippen molar-refractivity contribution in [1.82, 2.24) is 9.97 Å². The fraction of sp³-hybridized carbons (Fsp3) is 0.375. The molecule has 0 aliphatic rings. The average molecular weight is 287 g/mol. The third-order valence-electron chi connectivity index (χ3n) is 2.95. The molecule has 2 N–H and O–H groups in total. The topological polar surface area (TPSA) is 70.3 Å². The van der Waals surface area contributed by atoms with E-state index >= 15 is 0 Å². The van der Waals surface area contributed by atoms with Gasteiger partial charge in [-0.1, -0.05) is 6.92 Å². The van der Waals surface area contributed by atoms with Gasteiger partial charge >= 0.3 is 0 Å². The van der Waals surface area contributed by atoms with Crippen LogP contribution in [0.4, 0.5) is 5.82 Å². The standard InChI is InChI=1S/C16H21N3O2/c1-4-16-18-12(10-15(17)19-16)11-7-8-13(20-5-2)14(9-11)21-6-3/h7-10H,4-6H2,1-3H3,(H2,17,18,19). The van der Waals surface area contributed by atoms with Crippen LogP contribution in [-0.2, 0) is 6.42 Å². The van der Waals surface area contributed by atoms with Crippen molar-refractivity contribution in [3.8, 4) is 22.8 Å². The van der Waals surface area contributed by atoms with Gasteiger partial charge in [-0.3, -0.25) is 0 Å². The van der Waals surface area contributed by atoms with Gasteiger partial charge in [0.05, 0.1) is 18.9 Å². The number of nitrogen functional groups attached to an aromatic ring is 1. The molecule has 5 nitrogen and oxygen atoms in total. The Kier molecular flexibility index (Phi) is 4.98. The van der Waals surface area contributed by atoms with Crippen LogP contribution in [0.1, 0.15) is 26.6 Å². The summed E-state index contributed by atoms with van der Waals surface area (Å²) in [6.45, 7) is 7.07. The lowest BCUT2D eigenvalue weighted by atomic mass is 10.1. The van der Waals surface area contributed by atoms with E-state index in [9.17, 15) is 0 Å². The highest BCUT2D eigenvalue weighted by Crippen LogP contribution is 2.32. The number of rotatable bonds is 6. The van der Waals surface area contributed by atoms with Crippen LogP contribution >= 0.6 is 0 Å². The predicted octanol–water partition coefficient (Wildman–Crippen LogP) is 3.09. The first kappa shape index (κ1) is 15.1. The van der Waals surface area contributed by atoms with E-state index in [-0.39, 0.29) is 0 Å². The first-order valence-electron chi connectivity index (χ1n) is 7.21. The molecule has 2 rings (SSSR count). The number of anilines is 1. The Morgan fingerprint density at radius 3 is 2.33 bits per heavy atom. The Balaban J connectivity index is 2.44. The molecule has 0 amide bonds. The summed E-state index contributed by atoms with van der Waals surface area (Å²) in [6, 6.07) is 7.54. The van der Waals surface area contributed by atoms with Crippen molar-refractivity contribution in [3.63, 3.8) is 0 Å². The van der Waals surface area contributed by atoms with E-state index in [1.165, 1.54) is 0 Å². The van der Waals surface area contributed by atoms with Gasteiger partial charge in [0.15, 0.2) is 11.5 Å². The summed E-state index contributed by atoms with van der Waals surface area (Å²) in [7, 11) is 0. The second kappa shape index (κ2) is 6.92. The van der Waals surface area contributed by atoms with Crippen molar-refractivity contribution in [3.05, 3.63) is 30.1 Å². The third kappa shape index (κ3) is 3.62. The maximum absolute atomic E-state index is 5.84. The van der Waals surface area contributed by atoms with E-state index in [1.54, 1.807) is 6.07 Å². The fourth-order valence-corrected chi connectivity index (χ4v) is 2.03. The summed E-state index contributed by atoms with van der Waals surface area (Å²) in [4.78, 5) is 8.71. The minimum atomic E-state index is 0.476. The van der Waals surface area contributed by atoms with Crippen LogP contribution in [0.5, 0.6) is 11.5 Å². The second-order valence-corrected chi connectivity index (χ2v) is 4.48. The molecule has 0 bridgehead atoms. The molecule has 0 saturated heterocycles. The van der Waals surface area contributed by atoms with Crippen LogP contribution in [0.2, 0.25) is 0 Å². The maximum Gasteiger partial charge on any atom is 0.161 e. The average Bonchev–Trinajstić information content (AvgIpc) is 2.48. The van der Waals surface area contributed by atoms with Gasteiger partial charge in [0.1, 0.15) is 11.6 Å². The fourth-order valence-electron chi connectivity index (χ4n) is 2.03. The van der Waals surface area contributed by atoms with E-state index < -0.39 is 0 Å². The number of hydrogen-bond donors (Lipinski definition) is 1. The smallest absolute Gasteiger partial charge is 0.161 e. The molecule has 112 valence electrons. The van der Waals surface area contributed by atoms with Gasteiger partial charge in [0.2, 0.25) is 0 Å². The SMILES string of the molecule is CCOc1ccc(-c2cc(N)nc(CC)n2)cc1OCC. The van der Waals surface area contributed by atoms with Gasteiger partial charge in [-0.05, 0) is 32.0 Å². The van der Waals surface area contributed by atoms with Gasteiger partial charge in [-0.25, -0.2) is 9.97 Å². The highest BCUT2D eigenvalue weighted by atomic mass is 16.5. The van der Waals surface area contributed by atoms with Gasteiger partial charge in [0, 0.05) is 18.1 Å². The van der Waals surface area contributed by atoms with E-state index in [1.807, 2.05) is 39.0 Å². The van der Waals surface area contributed by atoms with Crippen LogP contribution in [0, 0.1) is 0 Å².